The van der Waals surface area contributed by atoms with Crippen LogP contribution in [0.5, 0.6) is 0 Å². The third kappa shape index (κ3) is 7.60. The predicted octanol–water partition coefficient (Wildman–Crippen LogP) is 0.173. The van der Waals surface area contributed by atoms with Gasteiger partial charge in [0.2, 0.25) is 0 Å². The van der Waals surface area contributed by atoms with Gasteiger partial charge in [0.1, 0.15) is 0 Å². The van der Waals surface area contributed by atoms with Crippen molar-refractivity contribution >= 4 is 11.8 Å². The Balaban J connectivity index is 2.72. The summed E-state index contributed by atoms with van der Waals surface area (Å²) >= 11 is 1.74. The number of thioether (sulfide) groups is 1. The van der Waals surface area contributed by atoms with Crippen LogP contribution in [0.2, 0.25) is 0 Å². The average Bonchev–Trinajstić information content (AvgIpc) is 1.97. The van der Waals surface area contributed by atoms with E-state index in [4.69, 9.17) is 10.4 Å². The first-order chi connectivity index (χ1) is 4.91. The first-order valence-corrected chi connectivity index (χ1v) is 4.38. The standard InChI is InChI=1S/C6H12N2OS/c7-6-8-2-5-10-4-1-3-9/h8-9H,1-5H2. The molecule has 0 bridgehead atoms. The molecule has 0 fully saturated rings. The van der Waals surface area contributed by atoms with Crippen molar-refractivity contribution in [1.29, 1.82) is 5.26 Å². The Morgan fingerprint density at radius 3 is 2.90 bits per heavy atom. The maximum atomic E-state index is 8.39. The van der Waals surface area contributed by atoms with E-state index in [1.54, 1.807) is 11.8 Å². The summed E-state index contributed by atoms with van der Waals surface area (Å²) in [4.78, 5) is 0. The van der Waals surface area contributed by atoms with Gasteiger partial charge in [-0.2, -0.15) is 17.0 Å². The molecule has 0 radical (unpaired) electrons. The van der Waals surface area contributed by atoms with Crippen molar-refractivity contribution in [2.45, 2.75) is 6.42 Å². The third-order valence-corrected chi connectivity index (χ3v) is 1.97. The largest absolute Gasteiger partial charge is 0.396 e. The van der Waals surface area contributed by atoms with Crippen molar-refractivity contribution in [2.24, 2.45) is 0 Å². The van der Waals surface area contributed by atoms with E-state index in [-0.39, 0.29) is 6.61 Å². The molecule has 0 heterocycles. The minimum Gasteiger partial charge on any atom is -0.396 e. The second-order valence-electron chi connectivity index (χ2n) is 1.73. The fraction of sp³-hybridized carbons (Fsp3) is 0.833. The van der Waals surface area contributed by atoms with Gasteiger partial charge in [-0.25, -0.2) is 0 Å². The predicted molar refractivity (Wildman–Crippen MR) is 42.6 cm³/mol. The molecule has 0 aromatic rings. The number of aliphatic hydroxyl groups excluding tert-OH is 1. The summed E-state index contributed by atoms with van der Waals surface area (Å²) in [6.45, 7) is 0.991. The minimum absolute atomic E-state index is 0.263. The number of nitrogens with zero attached hydrogens (tertiary/aromatic N) is 1. The van der Waals surface area contributed by atoms with Crippen molar-refractivity contribution < 1.29 is 5.11 Å². The number of rotatable bonds is 6. The van der Waals surface area contributed by atoms with Crippen LogP contribution in [0.4, 0.5) is 0 Å². The normalized spacial score (nSPS) is 8.80. The quantitative estimate of drug-likeness (QED) is 0.330. The number of nitriles is 1. The Hall–Kier alpha value is -0.400. The van der Waals surface area contributed by atoms with Gasteiger partial charge in [0.05, 0.1) is 0 Å². The molecule has 2 N–H and O–H groups in total. The van der Waals surface area contributed by atoms with Crippen molar-refractivity contribution in [1.82, 2.24) is 5.32 Å². The summed E-state index contributed by atoms with van der Waals surface area (Å²) in [6.07, 6.45) is 2.69. The molecule has 0 spiro atoms. The molecule has 0 saturated carbocycles. The Morgan fingerprint density at radius 2 is 2.30 bits per heavy atom. The monoisotopic (exact) mass is 160 g/mol. The van der Waals surface area contributed by atoms with Crippen molar-refractivity contribution in [2.75, 3.05) is 24.7 Å². The smallest absolute Gasteiger partial charge is 0.176 e. The molecule has 0 aliphatic rings. The first kappa shape index (κ1) is 9.60. The first-order valence-electron chi connectivity index (χ1n) is 3.22. The lowest BCUT2D eigenvalue weighted by Crippen LogP contribution is -2.09. The zero-order chi connectivity index (χ0) is 7.66. The highest BCUT2D eigenvalue weighted by Crippen LogP contribution is 1.99. The molecule has 0 aromatic carbocycles. The van der Waals surface area contributed by atoms with Gasteiger partial charge in [-0.15, -0.1) is 0 Å². The van der Waals surface area contributed by atoms with Crippen molar-refractivity contribution in [3.8, 4) is 6.19 Å². The fourth-order valence-corrected chi connectivity index (χ4v) is 1.23. The van der Waals surface area contributed by atoms with E-state index in [1.165, 1.54) is 0 Å². The van der Waals surface area contributed by atoms with Gasteiger partial charge < -0.3 is 10.4 Å². The number of hydrogen-bond acceptors (Lipinski definition) is 4. The Morgan fingerprint density at radius 1 is 1.50 bits per heavy atom. The van der Waals surface area contributed by atoms with Crippen molar-refractivity contribution in [3.05, 3.63) is 0 Å². The summed E-state index contributed by atoms with van der Waals surface area (Å²) in [5.74, 6) is 1.91. The Bertz CT molecular complexity index is 102. The van der Waals surface area contributed by atoms with E-state index < -0.39 is 0 Å². The van der Waals surface area contributed by atoms with Gasteiger partial charge in [0, 0.05) is 18.9 Å². The summed E-state index contributed by atoms with van der Waals surface area (Å²) in [7, 11) is 0. The van der Waals surface area contributed by atoms with Gasteiger partial charge in [-0.3, -0.25) is 0 Å². The van der Waals surface area contributed by atoms with E-state index in [1.807, 2.05) is 6.19 Å². The van der Waals surface area contributed by atoms with Gasteiger partial charge in [-0.1, -0.05) is 0 Å². The molecule has 3 nitrogen and oxygen atoms in total. The van der Waals surface area contributed by atoms with Crippen LogP contribution in [-0.4, -0.2) is 29.8 Å². The number of nitrogens with one attached hydrogen (secondary N) is 1. The van der Waals surface area contributed by atoms with E-state index in [2.05, 4.69) is 5.32 Å². The van der Waals surface area contributed by atoms with E-state index >= 15 is 0 Å². The molecule has 0 aliphatic heterocycles. The molecule has 0 unspecified atom stereocenters. The zero-order valence-electron chi connectivity index (χ0n) is 5.84. The summed E-state index contributed by atoms with van der Waals surface area (Å²) < 4.78 is 0. The highest BCUT2D eigenvalue weighted by Gasteiger charge is 1.86. The zero-order valence-corrected chi connectivity index (χ0v) is 6.65. The number of hydrogen-bond donors (Lipinski definition) is 2. The second-order valence-corrected chi connectivity index (χ2v) is 2.95. The summed E-state index contributed by atoms with van der Waals surface area (Å²) in [5.41, 5.74) is 0. The maximum absolute atomic E-state index is 8.39. The Labute approximate surface area is 65.4 Å². The van der Waals surface area contributed by atoms with Crippen molar-refractivity contribution in [3.63, 3.8) is 0 Å². The summed E-state index contributed by atoms with van der Waals surface area (Å²) in [6, 6.07) is 0. The molecule has 0 saturated heterocycles. The fourth-order valence-electron chi connectivity index (χ4n) is 0.448. The molecule has 4 heteroatoms. The van der Waals surface area contributed by atoms with Crippen LogP contribution in [0, 0.1) is 11.5 Å². The highest BCUT2D eigenvalue weighted by molar-refractivity contribution is 7.99. The van der Waals surface area contributed by atoms with Gasteiger partial charge >= 0.3 is 0 Å². The molecule has 0 aliphatic carbocycles. The molecular formula is C6H12N2OS. The average molecular weight is 160 g/mol. The highest BCUT2D eigenvalue weighted by atomic mass is 32.2. The molecule has 10 heavy (non-hydrogen) atoms. The molecule has 0 rings (SSSR count). The van der Waals surface area contributed by atoms with Crippen LogP contribution in [0.1, 0.15) is 6.42 Å². The molecule has 0 amide bonds. The topological polar surface area (TPSA) is 56.0 Å². The molecule has 0 atom stereocenters. The van der Waals surface area contributed by atoms with Crippen LogP contribution >= 0.6 is 11.8 Å². The molecular weight excluding hydrogens is 148 g/mol. The lowest BCUT2D eigenvalue weighted by Gasteiger charge is -1.96. The van der Waals surface area contributed by atoms with Crippen LogP contribution in [0.3, 0.4) is 0 Å². The summed E-state index contributed by atoms with van der Waals surface area (Å²) in [5, 5.41) is 19.0. The number of aliphatic hydroxyl groups is 1. The lowest BCUT2D eigenvalue weighted by molar-refractivity contribution is 0.296. The van der Waals surface area contributed by atoms with Gasteiger partial charge in [0.15, 0.2) is 6.19 Å². The van der Waals surface area contributed by atoms with Crippen LogP contribution < -0.4 is 5.32 Å². The molecule has 0 aromatic heterocycles. The van der Waals surface area contributed by atoms with E-state index in [0.29, 0.717) is 0 Å². The SMILES string of the molecule is N#CNCCSCCCO. The third-order valence-electron chi connectivity index (χ3n) is 0.897. The maximum Gasteiger partial charge on any atom is 0.176 e. The Kier molecular flexibility index (Phi) is 8.26. The second kappa shape index (κ2) is 8.60. The van der Waals surface area contributed by atoms with Gasteiger partial charge in [0.25, 0.3) is 0 Å². The van der Waals surface area contributed by atoms with Gasteiger partial charge in [-0.05, 0) is 12.2 Å². The van der Waals surface area contributed by atoms with Crippen LogP contribution in [0.15, 0.2) is 0 Å². The lowest BCUT2D eigenvalue weighted by atomic mass is 10.5. The van der Waals surface area contributed by atoms with E-state index in [0.717, 1.165) is 24.5 Å². The molecule has 58 valence electrons. The van der Waals surface area contributed by atoms with E-state index in [9.17, 15) is 0 Å². The van der Waals surface area contributed by atoms with Crippen LogP contribution in [-0.2, 0) is 0 Å². The van der Waals surface area contributed by atoms with Crippen LogP contribution in [0.25, 0.3) is 0 Å². The minimum atomic E-state index is 0.263.